The van der Waals surface area contributed by atoms with E-state index in [0.29, 0.717) is 18.6 Å². The highest BCUT2D eigenvalue weighted by molar-refractivity contribution is 7.83. The Labute approximate surface area is 216 Å². The zero-order valence-electron chi connectivity index (χ0n) is 22.8. The third-order valence-electron chi connectivity index (χ3n) is 3.18. The number of carbonyl (C=O) groups is 2. The molecule has 2 rings (SSSR count). The molecule has 3 N–H and O–H groups in total. The lowest BCUT2D eigenvalue weighted by Gasteiger charge is -2.05. The highest BCUT2D eigenvalue weighted by Crippen LogP contribution is 2.15. The molecule has 2 aromatic rings. The number of nitrogens with one attached hydrogen (secondary N) is 3. The Morgan fingerprint density at radius 3 is 1.94 bits per heavy atom. The van der Waals surface area contributed by atoms with Crippen molar-refractivity contribution in [3.05, 3.63) is 47.9 Å². The Hall–Kier alpha value is -2.81. The number of anilines is 1. The number of rotatable bonds is 6. The number of pyridine rings is 1. The summed E-state index contributed by atoms with van der Waals surface area (Å²) in [4.78, 5) is 30.1. The monoisotopic (exact) mass is 516 g/mol. The van der Waals surface area contributed by atoms with E-state index in [2.05, 4.69) is 26.6 Å². The van der Waals surface area contributed by atoms with Crippen molar-refractivity contribution in [1.82, 2.24) is 14.7 Å². The molecule has 35 heavy (non-hydrogen) atoms. The topological polar surface area (TPSA) is 104 Å². The van der Waals surface area contributed by atoms with Crippen LogP contribution in [0.15, 0.2) is 36.0 Å². The Kier molecular flexibility index (Phi) is 35.4. The van der Waals surface area contributed by atoms with Gasteiger partial charge in [-0.2, -0.15) is 0 Å². The highest BCUT2D eigenvalue weighted by atomic mass is 32.2. The summed E-state index contributed by atoms with van der Waals surface area (Å²) in [6.07, 6.45) is 3.84. The first-order valence-corrected chi connectivity index (χ1v) is 12.8. The first-order chi connectivity index (χ1) is 16.4. The molecule has 0 aliphatic carbocycles. The van der Waals surface area contributed by atoms with Gasteiger partial charge in [-0.1, -0.05) is 76.3 Å². The molecule has 0 aliphatic heterocycles. The molecule has 0 aliphatic rings. The van der Waals surface area contributed by atoms with Crippen molar-refractivity contribution >= 4 is 34.6 Å². The van der Waals surface area contributed by atoms with Gasteiger partial charge >= 0.3 is 0 Å². The quantitative estimate of drug-likeness (QED) is 0.373. The molecule has 2 amide bonds. The summed E-state index contributed by atoms with van der Waals surface area (Å²) in [6, 6.07) is 4.82. The predicted octanol–water partition coefficient (Wildman–Crippen LogP) is 7.35. The second kappa shape index (κ2) is 29.2. The molecule has 9 heteroatoms. The fourth-order valence-corrected chi connectivity index (χ4v) is 2.76. The van der Waals surface area contributed by atoms with Crippen LogP contribution in [0.1, 0.15) is 98.4 Å². The number of aryl methyl sites for hydroxylation is 1. The minimum Gasteiger partial charge on any atom is -0.351 e. The van der Waals surface area contributed by atoms with Crippen LogP contribution in [-0.4, -0.2) is 33.2 Å². The average Bonchev–Trinajstić information content (AvgIpc) is 3.34. The van der Waals surface area contributed by atoms with Crippen molar-refractivity contribution in [3.63, 3.8) is 0 Å². The summed E-state index contributed by atoms with van der Waals surface area (Å²) < 4.78 is 23.5. The SMILES string of the molecule is C.C=Cc1[nH]c(C(=O)Nc2ccc(S(=O)NC(C)=O)nc2)cc1CC.CC.CC.CC.CC.CF. The first-order valence-electron chi connectivity index (χ1n) is 11.6. The average molecular weight is 517 g/mol. The van der Waals surface area contributed by atoms with E-state index in [1.807, 2.05) is 62.3 Å². The largest absolute Gasteiger partial charge is 0.351 e. The second-order valence-electron chi connectivity index (χ2n) is 4.95. The molecule has 0 aromatic carbocycles. The first kappa shape index (κ1) is 42.4. The van der Waals surface area contributed by atoms with Crippen LogP contribution in [0, 0.1) is 0 Å². The lowest BCUT2D eigenvalue weighted by Crippen LogP contribution is -2.23. The van der Waals surface area contributed by atoms with E-state index in [0.717, 1.165) is 17.7 Å². The molecule has 2 heterocycles. The molecule has 7 nitrogen and oxygen atoms in total. The van der Waals surface area contributed by atoms with Crippen LogP contribution in [0.5, 0.6) is 0 Å². The summed E-state index contributed by atoms with van der Waals surface area (Å²) in [5.41, 5.74) is 2.71. The molecule has 0 radical (unpaired) electrons. The van der Waals surface area contributed by atoms with Crippen molar-refractivity contribution in [2.24, 2.45) is 0 Å². The van der Waals surface area contributed by atoms with Crippen molar-refractivity contribution in [3.8, 4) is 0 Å². The molecule has 0 saturated carbocycles. The Bertz CT molecular complexity index is 807. The number of amides is 2. The minimum atomic E-state index is -1.71. The van der Waals surface area contributed by atoms with Gasteiger partial charge in [0.15, 0.2) is 11.0 Å². The van der Waals surface area contributed by atoms with Crippen molar-refractivity contribution in [2.45, 2.75) is 88.1 Å². The van der Waals surface area contributed by atoms with Gasteiger partial charge in [0.1, 0.15) is 10.7 Å². The normalized spacial score (nSPS) is 8.80. The van der Waals surface area contributed by atoms with Crippen LogP contribution in [-0.2, 0) is 22.2 Å². The van der Waals surface area contributed by atoms with Gasteiger partial charge in [0.2, 0.25) is 5.91 Å². The Morgan fingerprint density at radius 2 is 1.60 bits per heavy atom. The third kappa shape index (κ3) is 17.3. The number of halogens is 1. The van der Waals surface area contributed by atoms with Crippen LogP contribution in [0.25, 0.3) is 6.08 Å². The van der Waals surface area contributed by atoms with E-state index in [1.165, 1.54) is 19.2 Å². The summed E-state index contributed by atoms with van der Waals surface area (Å²) >= 11 is 0. The second-order valence-corrected chi connectivity index (χ2v) is 6.11. The van der Waals surface area contributed by atoms with Crippen LogP contribution < -0.4 is 10.0 Å². The highest BCUT2D eigenvalue weighted by Gasteiger charge is 2.13. The predicted molar refractivity (Wildman–Crippen MR) is 152 cm³/mol. The number of hydrogen-bond donors (Lipinski definition) is 3. The van der Waals surface area contributed by atoms with Gasteiger partial charge in [-0.05, 0) is 36.3 Å². The summed E-state index contributed by atoms with van der Waals surface area (Å²) in [7, 11) is -1.21. The van der Waals surface area contributed by atoms with Gasteiger partial charge < -0.3 is 10.3 Å². The number of alkyl halides is 1. The van der Waals surface area contributed by atoms with Gasteiger partial charge in [0, 0.05) is 12.6 Å². The fourth-order valence-electron chi connectivity index (χ4n) is 2.06. The van der Waals surface area contributed by atoms with Gasteiger partial charge in [-0.15, -0.1) is 0 Å². The number of carbonyl (C=O) groups excluding carboxylic acids is 2. The molecular formula is C26H49FN4O3S. The van der Waals surface area contributed by atoms with Crippen LogP contribution in [0.3, 0.4) is 0 Å². The van der Waals surface area contributed by atoms with Gasteiger partial charge in [0.25, 0.3) is 5.91 Å². The smallest absolute Gasteiger partial charge is 0.272 e. The lowest BCUT2D eigenvalue weighted by atomic mass is 10.2. The Morgan fingerprint density at radius 1 is 1.09 bits per heavy atom. The molecular weight excluding hydrogens is 467 g/mol. The van der Waals surface area contributed by atoms with E-state index < -0.39 is 16.9 Å². The number of hydrogen-bond acceptors (Lipinski definition) is 4. The molecule has 204 valence electrons. The fraction of sp³-hybridized carbons (Fsp3) is 0.500. The molecule has 0 fully saturated rings. The van der Waals surface area contributed by atoms with Gasteiger partial charge in [-0.25, -0.2) is 9.19 Å². The van der Waals surface area contributed by atoms with Crippen molar-refractivity contribution in [2.75, 3.05) is 12.5 Å². The summed E-state index contributed by atoms with van der Waals surface area (Å²) in [5, 5.41) is 2.90. The van der Waals surface area contributed by atoms with E-state index in [-0.39, 0.29) is 18.4 Å². The van der Waals surface area contributed by atoms with E-state index in [1.54, 1.807) is 18.2 Å². The van der Waals surface area contributed by atoms with Gasteiger partial charge in [-0.3, -0.25) is 18.7 Å². The molecule has 1 atom stereocenters. The number of nitrogens with zero attached hydrogens (tertiary/aromatic N) is 1. The Balaban J connectivity index is -0.000000242. The maximum Gasteiger partial charge on any atom is 0.272 e. The van der Waals surface area contributed by atoms with Crippen LogP contribution >= 0.6 is 0 Å². The lowest BCUT2D eigenvalue weighted by molar-refractivity contribution is -0.117. The number of aromatic amines is 1. The van der Waals surface area contributed by atoms with E-state index >= 15 is 0 Å². The third-order valence-corrected chi connectivity index (χ3v) is 4.28. The molecule has 2 aromatic heterocycles. The maximum atomic E-state index is 12.3. The maximum absolute atomic E-state index is 12.3. The zero-order chi connectivity index (χ0) is 27.7. The summed E-state index contributed by atoms with van der Waals surface area (Å²) in [5.74, 6) is -0.723. The van der Waals surface area contributed by atoms with Crippen LogP contribution in [0.2, 0.25) is 0 Å². The van der Waals surface area contributed by atoms with E-state index in [9.17, 15) is 18.2 Å². The molecule has 0 spiro atoms. The van der Waals surface area contributed by atoms with Crippen LogP contribution in [0.4, 0.5) is 10.1 Å². The van der Waals surface area contributed by atoms with Gasteiger partial charge in [0.05, 0.1) is 19.1 Å². The molecule has 0 bridgehead atoms. The zero-order valence-corrected chi connectivity index (χ0v) is 23.6. The summed E-state index contributed by atoms with van der Waals surface area (Å²) in [6.45, 7) is 23.0. The number of H-pyrrole nitrogens is 1. The van der Waals surface area contributed by atoms with Crippen molar-refractivity contribution in [1.29, 1.82) is 0 Å². The number of aromatic nitrogens is 2. The van der Waals surface area contributed by atoms with E-state index in [4.69, 9.17) is 0 Å². The standard InChI is InChI=1S/C16H18N4O3S.4C2H6.CH3F.CH4/c1-4-11-8-14(19-13(11)5-2)16(22)18-12-6-7-15(17-9-12)24(23)20-10(3)21;5*1-2;/h5-9,19H,2,4H2,1,3H3,(H,18,22)(H,20,21);4*1-2H3;1H3;1H4. The minimum absolute atomic E-state index is 0. The van der Waals surface area contributed by atoms with Crippen molar-refractivity contribution < 1.29 is 18.2 Å². The molecule has 0 saturated heterocycles. The molecule has 1 unspecified atom stereocenters.